The van der Waals surface area contributed by atoms with Crippen LogP contribution in [0.3, 0.4) is 0 Å². The van der Waals surface area contributed by atoms with Gasteiger partial charge in [-0.25, -0.2) is 4.79 Å². The molecule has 11 heteroatoms. The van der Waals surface area contributed by atoms with Gasteiger partial charge in [0.2, 0.25) is 23.6 Å². The Morgan fingerprint density at radius 2 is 1.84 bits per heavy atom. The Morgan fingerprint density at radius 3 is 2.42 bits per heavy atom. The largest absolute Gasteiger partial charge is 0.510 e. The van der Waals surface area contributed by atoms with Crippen molar-refractivity contribution in [3.05, 3.63) is 42.7 Å². The SMILES string of the molecule is C=C(O)[C@@]1(NC(=O)[C@@H]2C[C@@H](Oc3nc(OCC)cc4ccccc34)CN2C(=O)[C@@H](NC(=O)OC(C)(C)C)C(C)(C)C)C[C@H]1CC. The summed E-state index contributed by atoms with van der Waals surface area (Å²) in [6.45, 7) is 18.8. The molecule has 1 aliphatic heterocycles. The fourth-order valence-electron chi connectivity index (χ4n) is 5.93. The first-order valence-electron chi connectivity index (χ1n) is 15.7. The summed E-state index contributed by atoms with van der Waals surface area (Å²) < 4.78 is 17.6. The zero-order chi connectivity index (χ0) is 33.3. The number of aromatic nitrogens is 1. The number of nitrogens with one attached hydrogen (secondary N) is 2. The van der Waals surface area contributed by atoms with Crippen molar-refractivity contribution < 1.29 is 33.7 Å². The maximum atomic E-state index is 14.3. The number of aliphatic hydroxyl groups is 1. The summed E-state index contributed by atoms with van der Waals surface area (Å²) >= 11 is 0. The molecule has 0 unspecified atom stereocenters. The predicted molar refractivity (Wildman–Crippen MR) is 171 cm³/mol. The number of pyridine rings is 1. The first-order valence-corrected chi connectivity index (χ1v) is 15.7. The minimum Gasteiger partial charge on any atom is -0.510 e. The summed E-state index contributed by atoms with van der Waals surface area (Å²) in [5.41, 5.74) is -2.42. The maximum absolute atomic E-state index is 14.3. The van der Waals surface area contributed by atoms with Gasteiger partial charge in [0.15, 0.2) is 0 Å². The Hall–Kier alpha value is -4.02. The highest BCUT2D eigenvalue weighted by Crippen LogP contribution is 2.50. The van der Waals surface area contributed by atoms with Crippen molar-refractivity contribution in [1.82, 2.24) is 20.5 Å². The number of nitrogens with zero attached hydrogens (tertiary/aromatic N) is 2. The predicted octanol–water partition coefficient (Wildman–Crippen LogP) is 5.28. The van der Waals surface area contributed by atoms with Crippen LogP contribution in [0.2, 0.25) is 0 Å². The van der Waals surface area contributed by atoms with E-state index in [0.29, 0.717) is 24.8 Å². The van der Waals surface area contributed by atoms with Crippen LogP contribution in [0.1, 0.15) is 74.7 Å². The van der Waals surface area contributed by atoms with Gasteiger partial charge in [0.25, 0.3) is 0 Å². The van der Waals surface area contributed by atoms with Crippen molar-refractivity contribution in [2.24, 2.45) is 11.3 Å². The number of rotatable bonds is 10. The van der Waals surface area contributed by atoms with Gasteiger partial charge in [-0.3, -0.25) is 9.59 Å². The van der Waals surface area contributed by atoms with E-state index in [1.165, 1.54) is 4.90 Å². The summed E-state index contributed by atoms with van der Waals surface area (Å²) in [5.74, 6) is -0.184. The molecule has 1 aromatic heterocycles. The van der Waals surface area contributed by atoms with Crippen molar-refractivity contribution >= 4 is 28.7 Å². The van der Waals surface area contributed by atoms with Crippen LogP contribution in [0.5, 0.6) is 11.8 Å². The van der Waals surface area contributed by atoms with Gasteiger partial charge in [0.05, 0.1) is 18.7 Å². The highest BCUT2D eigenvalue weighted by molar-refractivity contribution is 5.93. The number of fused-ring (bicyclic) bond motifs is 1. The average molecular weight is 625 g/mol. The molecule has 11 nitrogen and oxygen atoms in total. The first kappa shape index (κ1) is 33.9. The molecule has 1 aromatic carbocycles. The number of benzene rings is 1. The van der Waals surface area contributed by atoms with Crippen LogP contribution in [0, 0.1) is 11.3 Å². The summed E-state index contributed by atoms with van der Waals surface area (Å²) in [6, 6.07) is 7.51. The second kappa shape index (κ2) is 12.8. The number of hydrogen-bond donors (Lipinski definition) is 3. The van der Waals surface area contributed by atoms with E-state index in [4.69, 9.17) is 14.2 Å². The minimum atomic E-state index is -1.01. The third kappa shape index (κ3) is 7.62. The number of likely N-dealkylation sites (tertiary alicyclic amines) is 1. The molecule has 5 atom stereocenters. The molecule has 3 N–H and O–H groups in total. The molecule has 1 saturated heterocycles. The van der Waals surface area contributed by atoms with Crippen molar-refractivity contribution in [2.45, 2.75) is 104 Å². The molecule has 246 valence electrons. The van der Waals surface area contributed by atoms with Crippen molar-refractivity contribution in [3.63, 3.8) is 0 Å². The lowest BCUT2D eigenvalue weighted by molar-refractivity contribution is -0.142. The maximum Gasteiger partial charge on any atom is 0.408 e. The van der Waals surface area contributed by atoms with E-state index in [2.05, 4.69) is 22.2 Å². The molecule has 3 amide bonds. The molecule has 1 saturated carbocycles. The summed E-state index contributed by atoms with van der Waals surface area (Å²) in [5, 5.41) is 17.8. The van der Waals surface area contributed by atoms with Crippen LogP contribution in [0.25, 0.3) is 10.8 Å². The van der Waals surface area contributed by atoms with Crippen molar-refractivity contribution in [2.75, 3.05) is 13.2 Å². The molecule has 0 bridgehead atoms. The van der Waals surface area contributed by atoms with Crippen LogP contribution in [-0.4, -0.2) is 75.4 Å². The molecular formula is C34H48N4O7. The zero-order valence-electron chi connectivity index (χ0n) is 27.7. The third-order valence-electron chi connectivity index (χ3n) is 8.33. The number of carbonyl (C=O) groups excluding carboxylic acids is 3. The van der Waals surface area contributed by atoms with Crippen LogP contribution in [0.15, 0.2) is 42.7 Å². The molecule has 2 aliphatic rings. The number of alkyl carbamates (subject to hydrolysis) is 1. The Kier molecular flexibility index (Phi) is 9.61. The van der Waals surface area contributed by atoms with Crippen molar-refractivity contribution in [3.8, 4) is 11.8 Å². The van der Waals surface area contributed by atoms with E-state index in [1.807, 2.05) is 65.0 Å². The Morgan fingerprint density at radius 1 is 1.16 bits per heavy atom. The van der Waals surface area contributed by atoms with Gasteiger partial charge < -0.3 is 34.9 Å². The summed E-state index contributed by atoms with van der Waals surface area (Å²) in [4.78, 5) is 47.2. The van der Waals surface area contributed by atoms with Crippen LogP contribution in [0.4, 0.5) is 4.79 Å². The van der Waals surface area contributed by atoms with E-state index >= 15 is 0 Å². The fourth-order valence-corrected chi connectivity index (χ4v) is 5.93. The molecule has 2 fully saturated rings. The Labute approximate surface area is 265 Å². The van der Waals surface area contributed by atoms with E-state index < -0.39 is 52.7 Å². The van der Waals surface area contributed by atoms with E-state index in [1.54, 1.807) is 20.8 Å². The summed E-state index contributed by atoms with van der Waals surface area (Å²) in [6.07, 6.45) is 0.150. The normalized spacial score (nSPS) is 23.6. The van der Waals surface area contributed by atoms with Gasteiger partial charge in [0, 0.05) is 17.9 Å². The molecule has 45 heavy (non-hydrogen) atoms. The number of ether oxygens (including phenoxy) is 3. The van der Waals surface area contributed by atoms with Crippen LogP contribution < -0.4 is 20.1 Å². The van der Waals surface area contributed by atoms with Gasteiger partial charge in [-0.1, -0.05) is 58.9 Å². The van der Waals surface area contributed by atoms with Gasteiger partial charge in [0.1, 0.15) is 29.5 Å². The molecule has 0 spiro atoms. The highest BCUT2D eigenvalue weighted by Gasteiger charge is 2.58. The molecule has 0 radical (unpaired) electrons. The Balaban J connectivity index is 1.67. The fraction of sp³-hybridized carbons (Fsp3) is 0.588. The van der Waals surface area contributed by atoms with Gasteiger partial charge in [-0.15, -0.1) is 0 Å². The highest BCUT2D eigenvalue weighted by atomic mass is 16.6. The molecule has 2 aromatic rings. The van der Waals surface area contributed by atoms with E-state index in [0.717, 1.165) is 17.2 Å². The molecule has 2 heterocycles. The standard InChI is InChI=1S/C34H48N4O7/c1-10-22-18-34(22,20(3)39)37-28(40)25-17-23(44-29-24-15-13-12-14-21(24)16-26(35-29)43-11-2)19-38(25)30(41)27(32(4,5)6)36-31(42)45-33(7,8)9/h12-16,22-23,25,27,39H,3,10-11,17-19H2,1-2,4-9H3,(H,36,42)(H,37,40)/t22-,23-,25+,27-,34+/m1/s1. The Bertz CT molecular complexity index is 1450. The van der Waals surface area contributed by atoms with Crippen LogP contribution >= 0.6 is 0 Å². The monoisotopic (exact) mass is 624 g/mol. The smallest absolute Gasteiger partial charge is 0.408 e. The average Bonchev–Trinajstić information content (AvgIpc) is 3.50. The molecule has 1 aliphatic carbocycles. The second-order valence-electron chi connectivity index (χ2n) is 14.1. The lowest BCUT2D eigenvalue weighted by atomic mass is 9.85. The number of aliphatic hydroxyl groups excluding tert-OH is 1. The van der Waals surface area contributed by atoms with E-state index in [9.17, 15) is 19.5 Å². The molecule has 4 rings (SSSR count). The van der Waals surface area contributed by atoms with E-state index in [-0.39, 0.29) is 24.6 Å². The third-order valence-corrected chi connectivity index (χ3v) is 8.33. The quantitative estimate of drug-likeness (QED) is 0.304. The van der Waals surface area contributed by atoms with Gasteiger partial charge in [-0.2, -0.15) is 4.98 Å². The van der Waals surface area contributed by atoms with Gasteiger partial charge in [-0.05, 0) is 56.9 Å². The lowest BCUT2D eigenvalue weighted by Crippen LogP contribution is -2.59. The van der Waals surface area contributed by atoms with Crippen molar-refractivity contribution in [1.29, 1.82) is 0 Å². The molecular weight excluding hydrogens is 576 g/mol. The zero-order valence-corrected chi connectivity index (χ0v) is 27.7. The minimum absolute atomic E-state index is 0.0459. The van der Waals surface area contributed by atoms with Crippen LogP contribution in [-0.2, 0) is 14.3 Å². The number of amides is 3. The lowest BCUT2D eigenvalue weighted by Gasteiger charge is -2.36. The van der Waals surface area contributed by atoms with Gasteiger partial charge >= 0.3 is 6.09 Å². The first-order chi connectivity index (χ1) is 21.0. The number of hydrogen-bond acceptors (Lipinski definition) is 8. The number of carbonyl (C=O) groups is 3. The second-order valence-corrected chi connectivity index (χ2v) is 14.1. The topological polar surface area (TPSA) is 139 Å². The summed E-state index contributed by atoms with van der Waals surface area (Å²) in [7, 11) is 0.